The van der Waals surface area contributed by atoms with Crippen molar-refractivity contribution in [3.8, 4) is 0 Å². The average molecular weight is 510 g/mol. The van der Waals surface area contributed by atoms with Crippen molar-refractivity contribution in [1.82, 2.24) is 9.97 Å². The number of para-hydroxylation sites is 2. The molecule has 0 unspecified atom stereocenters. The van der Waals surface area contributed by atoms with Crippen LogP contribution in [0.2, 0.25) is 0 Å². The third-order valence-electron chi connectivity index (χ3n) is 3.13. The maximum absolute atomic E-state index is 4.36. The highest BCUT2D eigenvalue weighted by Crippen LogP contribution is 2.13. The zero-order chi connectivity index (χ0) is 15.4. The molecule has 2 heterocycles. The second-order valence-electron chi connectivity index (χ2n) is 4.65. The van der Waals surface area contributed by atoms with Crippen molar-refractivity contribution in [2.45, 2.75) is 0 Å². The highest BCUT2D eigenvalue weighted by molar-refractivity contribution is 14.1. The summed E-state index contributed by atoms with van der Waals surface area (Å²) < 4.78 is 2.09. The first-order chi connectivity index (χ1) is 10.7. The maximum Gasteiger partial charge on any atom is 0.102 e. The van der Waals surface area contributed by atoms with Crippen LogP contribution in [-0.4, -0.2) is 9.97 Å². The molecule has 0 aliphatic heterocycles. The summed E-state index contributed by atoms with van der Waals surface area (Å²) in [6, 6.07) is 24.5. The molecule has 0 spiro atoms. The molecule has 0 N–H and O–H groups in total. The fourth-order valence-electron chi connectivity index (χ4n) is 2.08. The number of fused-ring (bicyclic) bond motifs is 2. The van der Waals surface area contributed by atoms with E-state index >= 15 is 0 Å². The van der Waals surface area contributed by atoms with E-state index in [1.165, 1.54) is 10.8 Å². The van der Waals surface area contributed by atoms with E-state index in [4.69, 9.17) is 0 Å². The van der Waals surface area contributed by atoms with Gasteiger partial charge in [-0.25, -0.2) is 9.97 Å². The second kappa shape index (κ2) is 7.32. The van der Waals surface area contributed by atoms with Crippen LogP contribution in [0.1, 0.15) is 0 Å². The number of rotatable bonds is 0. The van der Waals surface area contributed by atoms with Gasteiger partial charge in [0.2, 0.25) is 0 Å². The molecule has 4 aromatic rings. The summed E-state index contributed by atoms with van der Waals surface area (Å²) >= 11 is 4.43. The summed E-state index contributed by atoms with van der Waals surface area (Å²) in [4.78, 5) is 8.72. The highest BCUT2D eigenvalue weighted by atomic mass is 127. The Morgan fingerprint density at radius 3 is 1.36 bits per heavy atom. The molecule has 2 aromatic carbocycles. The summed E-state index contributed by atoms with van der Waals surface area (Å²) in [5.41, 5.74) is 2.14. The first-order valence-corrected chi connectivity index (χ1v) is 8.91. The molecule has 108 valence electrons. The van der Waals surface area contributed by atoms with Gasteiger partial charge in [0.25, 0.3) is 0 Å². The number of benzene rings is 2. The van der Waals surface area contributed by atoms with Crippen molar-refractivity contribution >= 4 is 67.0 Å². The molecule has 0 radical (unpaired) electrons. The van der Waals surface area contributed by atoms with Gasteiger partial charge < -0.3 is 0 Å². The lowest BCUT2D eigenvalue weighted by Gasteiger charge is -1.94. The van der Waals surface area contributed by atoms with Gasteiger partial charge in [0.15, 0.2) is 0 Å². The largest absolute Gasteiger partial charge is 0.242 e. The maximum atomic E-state index is 4.36. The summed E-state index contributed by atoms with van der Waals surface area (Å²) in [6.07, 6.45) is 0. The van der Waals surface area contributed by atoms with Crippen LogP contribution in [0.15, 0.2) is 72.8 Å². The van der Waals surface area contributed by atoms with Gasteiger partial charge >= 0.3 is 0 Å². The lowest BCUT2D eigenvalue weighted by molar-refractivity contribution is 1.35. The standard InChI is InChI=1S/2C9H6IN/c2*10-9-6-5-7-3-1-2-4-8(7)11-9/h2*1-6H. The van der Waals surface area contributed by atoms with E-state index in [0.29, 0.717) is 0 Å². The van der Waals surface area contributed by atoms with Gasteiger partial charge in [0.1, 0.15) is 7.40 Å². The molecule has 0 saturated carbocycles. The van der Waals surface area contributed by atoms with Gasteiger partial charge in [0.05, 0.1) is 11.0 Å². The van der Waals surface area contributed by atoms with E-state index in [-0.39, 0.29) is 0 Å². The fourth-order valence-corrected chi connectivity index (χ4v) is 2.96. The van der Waals surface area contributed by atoms with Crippen LogP contribution in [-0.2, 0) is 0 Å². The van der Waals surface area contributed by atoms with Crippen LogP contribution < -0.4 is 0 Å². The first kappa shape index (κ1) is 15.6. The van der Waals surface area contributed by atoms with E-state index < -0.39 is 0 Å². The quantitative estimate of drug-likeness (QED) is 0.225. The molecule has 0 atom stereocenters. The third kappa shape index (κ3) is 3.92. The summed E-state index contributed by atoms with van der Waals surface area (Å²) in [5, 5.41) is 2.40. The average Bonchev–Trinajstić information content (AvgIpc) is 2.55. The van der Waals surface area contributed by atoms with Crippen LogP contribution in [0.3, 0.4) is 0 Å². The predicted octanol–water partition coefficient (Wildman–Crippen LogP) is 5.68. The molecule has 2 nitrogen and oxygen atoms in total. The molecular weight excluding hydrogens is 498 g/mol. The molecule has 0 aliphatic carbocycles. The van der Waals surface area contributed by atoms with Crippen LogP contribution in [0.4, 0.5) is 0 Å². The van der Waals surface area contributed by atoms with Gasteiger partial charge in [-0.05, 0) is 69.4 Å². The minimum atomic E-state index is 1.04. The highest BCUT2D eigenvalue weighted by Gasteiger charge is 1.93. The van der Waals surface area contributed by atoms with Crippen LogP contribution in [0.25, 0.3) is 21.8 Å². The minimum Gasteiger partial charge on any atom is -0.242 e. The van der Waals surface area contributed by atoms with E-state index in [9.17, 15) is 0 Å². The number of aromatic nitrogens is 2. The Labute approximate surface area is 156 Å². The Kier molecular flexibility index (Phi) is 5.20. The lowest BCUT2D eigenvalue weighted by atomic mass is 10.2. The molecule has 0 fully saturated rings. The van der Waals surface area contributed by atoms with Crippen LogP contribution in [0.5, 0.6) is 0 Å². The van der Waals surface area contributed by atoms with Gasteiger partial charge in [-0.15, -0.1) is 0 Å². The van der Waals surface area contributed by atoms with E-state index in [1.807, 2.05) is 48.5 Å². The molecule has 4 heteroatoms. The zero-order valence-corrected chi connectivity index (χ0v) is 15.9. The Hall–Kier alpha value is -1.28. The molecule has 4 rings (SSSR count). The van der Waals surface area contributed by atoms with Gasteiger partial charge in [-0.2, -0.15) is 0 Å². The van der Waals surface area contributed by atoms with Crippen molar-refractivity contribution in [2.24, 2.45) is 0 Å². The Bertz CT molecular complexity index is 845. The summed E-state index contributed by atoms with van der Waals surface area (Å²) in [7, 11) is 0. The Morgan fingerprint density at radius 2 is 0.909 bits per heavy atom. The van der Waals surface area contributed by atoms with Gasteiger partial charge in [0, 0.05) is 10.8 Å². The van der Waals surface area contributed by atoms with Crippen LogP contribution >= 0.6 is 45.2 Å². The number of nitrogens with zero attached hydrogens (tertiary/aromatic N) is 2. The van der Waals surface area contributed by atoms with E-state index in [2.05, 4.69) is 79.4 Å². The molecule has 22 heavy (non-hydrogen) atoms. The molecule has 0 bridgehead atoms. The topological polar surface area (TPSA) is 25.8 Å². The van der Waals surface area contributed by atoms with Crippen molar-refractivity contribution < 1.29 is 0 Å². The summed E-state index contributed by atoms with van der Waals surface area (Å²) in [6.45, 7) is 0. The summed E-state index contributed by atoms with van der Waals surface area (Å²) in [5.74, 6) is 0. The SMILES string of the molecule is Ic1ccc2ccccc2n1.Ic1ccc2ccccc2n1. The molecule has 0 saturated heterocycles. The van der Waals surface area contributed by atoms with Crippen molar-refractivity contribution in [3.05, 3.63) is 80.2 Å². The first-order valence-electron chi connectivity index (χ1n) is 6.75. The molecule has 0 aliphatic rings. The zero-order valence-electron chi connectivity index (χ0n) is 11.6. The van der Waals surface area contributed by atoms with Crippen molar-refractivity contribution in [3.63, 3.8) is 0 Å². The number of hydrogen-bond acceptors (Lipinski definition) is 2. The van der Waals surface area contributed by atoms with Crippen molar-refractivity contribution in [1.29, 1.82) is 0 Å². The third-order valence-corrected chi connectivity index (χ3v) is 4.33. The number of pyridine rings is 2. The van der Waals surface area contributed by atoms with Gasteiger partial charge in [-0.3, -0.25) is 0 Å². The molecule has 2 aromatic heterocycles. The van der Waals surface area contributed by atoms with E-state index in [1.54, 1.807) is 0 Å². The van der Waals surface area contributed by atoms with Gasteiger partial charge in [-0.1, -0.05) is 48.5 Å². The normalized spacial score (nSPS) is 10.3. The lowest BCUT2D eigenvalue weighted by Crippen LogP contribution is -1.80. The number of hydrogen-bond donors (Lipinski definition) is 0. The Balaban J connectivity index is 0.000000131. The monoisotopic (exact) mass is 510 g/mol. The minimum absolute atomic E-state index is 1.04. The van der Waals surface area contributed by atoms with Crippen molar-refractivity contribution in [2.75, 3.05) is 0 Å². The second-order valence-corrected chi connectivity index (χ2v) is 6.86. The molecule has 0 amide bonds. The smallest absolute Gasteiger partial charge is 0.102 e. The fraction of sp³-hybridized carbons (Fsp3) is 0. The predicted molar refractivity (Wildman–Crippen MR) is 109 cm³/mol. The van der Waals surface area contributed by atoms with Crippen LogP contribution in [0, 0.1) is 7.40 Å². The molecular formula is C18H12I2N2. The Morgan fingerprint density at radius 1 is 0.500 bits per heavy atom. The van der Waals surface area contributed by atoms with E-state index in [0.717, 1.165) is 18.4 Å². The number of halogens is 2.